The lowest BCUT2D eigenvalue weighted by atomic mass is 10.1. The summed E-state index contributed by atoms with van der Waals surface area (Å²) in [5.74, 6) is -0.541. The van der Waals surface area contributed by atoms with E-state index in [0.717, 1.165) is 10.0 Å². The second kappa shape index (κ2) is 11.0. The number of carbonyl (C=O) groups excluding carboxylic acids is 1. The van der Waals surface area contributed by atoms with Gasteiger partial charge in [0.25, 0.3) is 26.0 Å². The SMILES string of the molecule is Cc1cccc(NS(=O)(=O)c2cc(C(=O)Nc3ccc(S(=O)(=O)Nc4ccc(Br)cc4)cc3)ccc2C)c1. The van der Waals surface area contributed by atoms with Gasteiger partial charge in [0.2, 0.25) is 0 Å². The van der Waals surface area contributed by atoms with E-state index in [1.165, 1.54) is 36.4 Å². The number of benzene rings is 4. The lowest BCUT2D eigenvalue weighted by Gasteiger charge is -2.13. The van der Waals surface area contributed by atoms with Crippen LogP contribution in [0.1, 0.15) is 21.5 Å². The molecule has 4 rings (SSSR count). The molecule has 0 saturated carbocycles. The van der Waals surface area contributed by atoms with Crippen LogP contribution in [-0.2, 0) is 20.0 Å². The zero-order valence-corrected chi connectivity index (χ0v) is 23.6. The zero-order valence-electron chi connectivity index (χ0n) is 20.4. The van der Waals surface area contributed by atoms with Gasteiger partial charge in [-0.2, -0.15) is 0 Å². The summed E-state index contributed by atoms with van der Waals surface area (Å²) in [6.07, 6.45) is 0. The van der Waals surface area contributed by atoms with Gasteiger partial charge in [0.1, 0.15) is 0 Å². The Morgan fingerprint density at radius 2 is 1.32 bits per heavy atom. The topological polar surface area (TPSA) is 121 Å². The lowest BCUT2D eigenvalue weighted by molar-refractivity contribution is 0.102. The van der Waals surface area contributed by atoms with E-state index in [4.69, 9.17) is 0 Å². The first-order valence-electron chi connectivity index (χ1n) is 11.3. The van der Waals surface area contributed by atoms with Crippen molar-refractivity contribution in [3.63, 3.8) is 0 Å². The van der Waals surface area contributed by atoms with Crippen molar-refractivity contribution in [2.24, 2.45) is 0 Å². The fourth-order valence-corrected chi connectivity index (χ4v) is 6.25. The van der Waals surface area contributed by atoms with Crippen molar-refractivity contribution >= 4 is 58.9 Å². The molecule has 8 nitrogen and oxygen atoms in total. The molecule has 0 atom stereocenters. The Balaban J connectivity index is 1.49. The van der Waals surface area contributed by atoms with Gasteiger partial charge in [0, 0.05) is 27.1 Å². The van der Waals surface area contributed by atoms with Gasteiger partial charge in [-0.15, -0.1) is 0 Å². The van der Waals surface area contributed by atoms with Gasteiger partial charge in [-0.1, -0.05) is 34.1 Å². The fraction of sp³-hybridized carbons (Fsp3) is 0.0741. The molecule has 0 saturated heterocycles. The number of anilines is 3. The number of hydrogen-bond donors (Lipinski definition) is 3. The summed E-state index contributed by atoms with van der Waals surface area (Å²) in [5, 5.41) is 2.67. The minimum atomic E-state index is -3.95. The van der Waals surface area contributed by atoms with Crippen LogP contribution in [0.4, 0.5) is 17.1 Å². The van der Waals surface area contributed by atoms with Crippen LogP contribution in [0.3, 0.4) is 0 Å². The largest absolute Gasteiger partial charge is 0.322 e. The Hall–Kier alpha value is -3.67. The maximum absolute atomic E-state index is 13.0. The molecule has 0 radical (unpaired) electrons. The van der Waals surface area contributed by atoms with E-state index in [2.05, 4.69) is 30.7 Å². The van der Waals surface area contributed by atoms with Crippen LogP contribution in [0, 0.1) is 13.8 Å². The van der Waals surface area contributed by atoms with Crippen LogP contribution >= 0.6 is 15.9 Å². The first kappa shape index (κ1) is 27.4. The Morgan fingerprint density at radius 3 is 1.97 bits per heavy atom. The molecule has 196 valence electrons. The average Bonchev–Trinajstić information content (AvgIpc) is 2.85. The van der Waals surface area contributed by atoms with Crippen molar-refractivity contribution < 1.29 is 21.6 Å². The molecule has 0 fully saturated rings. The van der Waals surface area contributed by atoms with Crippen molar-refractivity contribution in [3.05, 3.63) is 112 Å². The third-order valence-electron chi connectivity index (χ3n) is 5.53. The molecule has 38 heavy (non-hydrogen) atoms. The Bertz CT molecular complexity index is 1700. The van der Waals surface area contributed by atoms with Gasteiger partial charge in [0.15, 0.2) is 0 Å². The Labute approximate surface area is 230 Å². The quantitative estimate of drug-likeness (QED) is 0.228. The first-order chi connectivity index (χ1) is 17.9. The van der Waals surface area contributed by atoms with E-state index in [1.807, 2.05) is 13.0 Å². The second-order valence-electron chi connectivity index (χ2n) is 8.55. The monoisotopic (exact) mass is 613 g/mol. The van der Waals surface area contributed by atoms with E-state index in [1.54, 1.807) is 55.5 Å². The molecule has 4 aromatic rings. The summed E-state index contributed by atoms with van der Waals surface area (Å²) in [6, 6.07) is 23.7. The number of sulfonamides is 2. The maximum atomic E-state index is 13.0. The van der Waals surface area contributed by atoms with E-state index in [-0.39, 0.29) is 15.4 Å². The van der Waals surface area contributed by atoms with Crippen LogP contribution in [0.15, 0.2) is 105 Å². The third-order valence-corrected chi connectivity index (χ3v) is 8.98. The summed E-state index contributed by atoms with van der Waals surface area (Å²) in [6.45, 7) is 3.50. The lowest BCUT2D eigenvalue weighted by Crippen LogP contribution is -2.17. The normalized spacial score (nSPS) is 11.6. The van der Waals surface area contributed by atoms with Crippen molar-refractivity contribution in [1.82, 2.24) is 0 Å². The third kappa shape index (κ3) is 6.60. The molecule has 3 N–H and O–H groups in total. The summed E-state index contributed by atoms with van der Waals surface area (Å²) in [7, 11) is -7.78. The van der Waals surface area contributed by atoms with Crippen molar-refractivity contribution in [2.45, 2.75) is 23.6 Å². The standard InChI is InChI=1S/C27H24BrN3O5S2/c1-18-4-3-5-24(16-18)31-38(35,36)26-17-20(7-6-19(26)2)27(32)29-22-12-14-25(15-13-22)37(33,34)30-23-10-8-21(28)9-11-23/h3-17,30-31H,1-2H3,(H,29,32). The summed E-state index contributed by atoms with van der Waals surface area (Å²) in [5.41, 5.74) is 2.69. The molecule has 0 aliphatic carbocycles. The highest BCUT2D eigenvalue weighted by Crippen LogP contribution is 2.23. The molecule has 0 aliphatic heterocycles. The van der Waals surface area contributed by atoms with Gasteiger partial charge in [-0.25, -0.2) is 16.8 Å². The maximum Gasteiger partial charge on any atom is 0.262 e. The van der Waals surface area contributed by atoms with E-state index < -0.39 is 26.0 Å². The summed E-state index contributed by atoms with van der Waals surface area (Å²) >= 11 is 3.30. The summed E-state index contributed by atoms with van der Waals surface area (Å²) < 4.78 is 57.3. The van der Waals surface area contributed by atoms with Crippen LogP contribution < -0.4 is 14.8 Å². The van der Waals surface area contributed by atoms with Crippen molar-refractivity contribution in [2.75, 3.05) is 14.8 Å². The Morgan fingerprint density at radius 1 is 0.684 bits per heavy atom. The minimum Gasteiger partial charge on any atom is -0.322 e. The molecule has 4 aromatic carbocycles. The average molecular weight is 615 g/mol. The number of amides is 1. The number of nitrogens with one attached hydrogen (secondary N) is 3. The van der Waals surface area contributed by atoms with E-state index in [0.29, 0.717) is 22.6 Å². The minimum absolute atomic E-state index is 0.0179. The van der Waals surface area contributed by atoms with E-state index >= 15 is 0 Å². The predicted octanol–water partition coefficient (Wildman–Crippen LogP) is 5.92. The first-order valence-corrected chi connectivity index (χ1v) is 15.1. The summed E-state index contributed by atoms with van der Waals surface area (Å²) in [4.78, 5) is 12.9. The van der Waals surface area contributed by atoms with Crippen LogP contribution in [0.2, 0.25) is 0 Å². The number of hydrogen-bond acceptors (Lipinski definition) is 5. The number of aryl methyl sites for hydroxylation is 2. The van der Waals surface area contributed by atoms with Crippen molar-refractivity contribution in [3.8, 4) is 0 Å². The molecule has 1 amide bonds. The predicted molar refractivity (Wildman–Crippen MR) is 153 cm³/mol. The molecule has 0 aromatic heterocycles. The molecular weight excluding hydrogens is 590 g/mol. The molecular formula is C27H24BrN3O5S2. The van der Waals surface area contributed by atoms with Gasteiger partial charge < -0.3 is 5.32 Å². The molecule has 11 heteroatoms. The highest BCUT2D eigenvalue weighted by atomic mass is 79.9. The number of carbonyl (C=O) groups is 1. The van der Waals surface area contributed by atoms with Crippen LogP contribution in [-0.4, -0.2) is 22.7 Å². The fourth-order valence-electron chi connectivity index (χ4n) is 3.60. The Kier molecular flexibility index (Phi) is 7.91. The van der Waals surface area contributed by atoms with Crippen molar-refractivity contribution in [1.29, 1.82) is 0 Å². The highest BCUT2D eigenvalue weighted by Gasteiger charge is 2.20. The molecule has 0 aliphatic rings. The van der Waals surface area contributed by atoms with Gasteiger partial charge >= 0.3 is 0 Å². The molecule has 0 unspecified atom stereocenters. The second-order valence-corrected chi connectivity index (χ2v) is 12.8. The smallest absolute Gasteiger partial charge is 0.262 e. The number of halogens is 1. The van der Waals surface area contributed by atoms with E-state index in [9.17, 15) is 21.6 Å². The number of rotatable bonds is 8. The zero-order chi connectivity index (χ0) is 27.5. The van der Waals surface area contributed by atoms with Gasteiger partial charge in [-0.3, -0.25) is 14.2 Å². The molecule has 0 bridgehead atoms. The van der Waals surface area contributed by atoms with Crippen LogP contribution in [0.5, 0.6) is 0 Å². The molecule has 0 heterocycles. The highest BCUT2D eigenvalue weighted by molar-refractivity contribution is 9.10. The van der Waals surface area contributed by atoms with Crippen LogP contribution in [0.25, 0.3) is 0 Å². The molecule has 0 spiro atoms. The van der Waals surface area contributed by atoms with Gasteiger partial charge in [0.05, 0.1) is 9.79 Å². The van der Waals surface area contributed by atoms with Gasteiger partial charge in [-0.05, 0) is 97.8 Å².